The molecule has 0 aliphatic heterocycles. The number of aromatic nitrogens is 3. The number of halogens is 2. The fourth-order valence-corrected chi connectivity index (χ4v) is 2.19. The number of hydrogen-bond acceptors (Lipinski definition) is 6. The summed E-state index contributed by atoms with van der Waals surface area (Å²) in [6, 6.07) is 10.8. The van der Waals surface area contributed by atoms with Crippen LogP contribution in [-0.4, -0.2) is 22.3 Å². The fourth-order valence-electron chi connectivity index (χ4n) is 2.19. The quantitative estimate of drug-likeness (QED) is 0.714. The first-order valence-electron chi connectivity index (χ1n) is 7.43. The van der Waals surface area contributed by atoms with Crippen molar-refractivity contribution >= 4 is 17.5 Å². The van der Waals surface area contributed by atoms with E-state index in [9.17, 15) is 8.78 Å². The van der Waals surface area contributed by atoms with E-state index in [2.05, 4.69) is 25.8 Å². The van der Waals surface area contributed by atoms with Crippen molar-refractivity contribution in [3.8, 4) is 5.75 Å². The number of nitrogens with zero attached hydrogens (tertiary/aromatic N) is 3. The minimum atomic E-state index is -0.740. The van der Waals surface area contributed by atoms with Gasteiger partial charge in [-0.15, -0.1) is 5.10 Å². The van der Waals surface area contributed by atoms with Gasteiger partial charge in [-0.3, -0.25) is 0 Å². The van der Waals surface area contributed by atoms with E-state index in [1.165, 1.54) is 12.3 Å². The van der Waals surface area contributed by atoms with Crippen LogP contribution in [0.5, 0.6) is 5.75 Å². The number of ether oxygens (including phenoxy) is 1. The second-order valence-electron chi connectivity index (χ2n) is 5.08. The van der Waals surface area contributed by atoms with Gasteiger partial charge in [-0.2, -0.15) is 10.1 Å². The van der Waals surface area contributed by atoms with Crippen LogP contribution in [0.4, 0.5) is 26.2 Å². The molecule has 1 aromatic heterocycles. The Morgan fingerprint density at radius 1 is 1.12 bits per heavy atom. The number of anilines is 3. The van der Waals surface area contributed by atoms with E-state index in [-0.39, 0.29) is 11.6 Å². The highest BCUT2D eigenvalue weighted by molar-refractivity contribution is 5.55. The third-order valence-electron chi connectivity index (χ3n) is 3.39. The third kappa shape index (κ3) is 4.17. The number of nitrogens with one attached hydrogen (secondary N) is 2. The van der Waals surface area contributed by atoms with Crippen molar-refractivity contribution in [2.45, 2.75) is 6.54 Å². The van der Waals surface area contributed by atoms with Crippen LogP contribution in [0.1, 0.15) is 5.56 Å². The number of hydrogen-bond donors (Lipinski definition) is 2. The largest absolute Gasteiger partial charge is 0.496 e. The summed E-state index contributed by atoms with van der Waals surface area (Å²) in [6.07, 6.45) is 1.45. The van der Waals surface area contributed by atoms with E-state index in [0.29, 0.717) is 12.4 Å². The molecule has 0 amide bonds. The molecule has 0 aliphatic rings. The average molecular weight is 343 g/mol. The van der Waals surface area contributed by atoms with Gasteiger partial charge in [0.05, 0.1) is 19.0 Å². The Morgan fingerprint density at radius 2 is 1.96 bits per heavy atom. The Labute approximate surface area is 142 Å². The topological polar surface area (TPSA) is 72.0 Å². The highest BCUT2D eigenvalue weighted by Crippen LogP contribution is 2.20. The SMILES string of the molecule is COc1ccccc1CNc1cnnc(Nc2ccc(F)cc2F)n1. The molecule has 128 valence electrons. The highest BCUT2D eigenvalue weighted by atomic mass is 19.1. The molecule has 0 fully saturated rings. The first-order chi connectivity index (χ1) is 12.2. The van der Waals surface area contributed by atoms with E-state index in [4.69, 9.17) is 4.74 Å². The predicted octanol–water partition coefficient (Wildman–Crippen LogP) is 3.51. The van der Waals surface area contributed by atoms with Gasteiger partial charge in [-0.1, -0.05) is 18.2 Å². The Hall–Kier alpha value is -3.29. The maximum Gasteiger partial charge on any atom is 0.249 e. The first kappa shape index (κ1) is 16.6. The molecule has 0 atom stereocenters. The molecule has 0 bridgehead atoms. The van der Waals surface area contributed by atoms with Gasteiger partial charge in [0.25, 0.3) is 0 Å². The lowest BCUT2D eigenvalue weighted by atomic mass is 10.2. The Balaban J connectivity index is 1.71. The molecule has 0 saturated carbocycles. The summed E-state index contributed by atoms with van der Waals surface area (Å²) in [7, 11) is 1.60. The first-order valence-corrected chi connectivity index (χ1v) is 7.43. The summed E-state index contributed by atoms with van der Waals surface area (Å²) in [4.78, 5) is 4.21. The average Bonchev–Trinajstić information content (AvgIpc) is 2.63. The maximum absolute atomic E-state index is 13.7. The molecule has 0 unspecified atom stereocenters. The molecule has 0 saturated heterocycles. The lowest BCUT2D eigenvalue weighted by molar-refractivity contribution is 0.410. The van der Waals surface area contributed by atoms with Gasteiger partial charge in [0.15, 0.2) is 5.82 Å². The van der Waals surface area contributed by atoms with Crippen LogP contribution in [0.3, 0.4) is 0 Å². The van der Waals surface area contributed by atoms with Crippen LogP contribution in [-0.2, 0) is 6.54 Å². The van der Waals surface area contributed by atoms with Crippen molar-refractivity contribution in [3.63, 3.8) is 0 Å². The molecule has 3 rings (SSSR count). The van der Waals surface area contributed by atoms with Gasteiger partial charge in [0, 0.05) is 18.2 Å². The minimum absolute atomic E-state index is 0.0603. The monoisotopic (exact) mass is 343 g/mol. The summed E-state index contributed by atoms with van der Waals surface area (Å²) in [6.45, 7) is 0.465. The van der Waals surface area contributed by atoms with E-state index in [1.807, 2.05) is 24.3 Å². The molecule has 0 spiro atoms. The Kier molecular flexibility index (Phi) is 4.98. The highest BCUT2D eigenvalue weighted by Gasteiger charge is 2.07. The zero-order valence-corrected chi connectivity index (χ0v) is 13.3. The third-order valence-corrected chi connectivity index (χ3v) is 3.39. The number of methoxy groups -OCH3 is 1. The van der Waals surface area contributed by atoms with E-state index in [1.54, 1.807) is 7.11 Å². The zero-order valence-electron chi connectivity index (χ0n) is 13.3. The summed E-state index contributed by atoms with van der Waals surface area (Å²) < 4.78 is 31.9. The van der Waals surface area contributed by atoms with Crippen LogP contribution in [0.25, 0.3) is 0 Å². The smallest absolute Gasteiger partial charge is 0.249 e. The van der Waals surface area contributed by atoms with Gasteiger partial charge >= 0.3 is 0 Å². The van der Waals surface area contributed by atoms with Crippen molar-refractivity contribution < 1.29 is 13.5 Å². The fraction of sp³-hybridized carbons (Fsp3) is 0.118. The van der Waals surface area contributed by atoms with Crippen LogP contribution >= 0.6 is 0 Å². The number of benzene rings is 2. The lowest BCUT2D eigenvalue weighted by Crippen LogP contribution is -2.07. The molecule has 0 aliphatic carbocycles. The van der Waals surface area contributed by atoms with Gasteiger partial charge in [0.2, 0.25) is 5.95 Å². The van der Waals surface area contributed by atoms with Gasteiger partial charge in [-0.25, -0.2) is 8.78 Å². The summed E-state index contributed by atoms with van der Waals surface area (Å²) in [5, 5.41) is 13.4. The van der Waals surface area contributed by atoms with Crippen LogP contribution in [0.15, 0.2) is 48.7 Å². The predicted molar refractivity (Wildman–Crippen MR) is 89.8 cm³/mol. The van der Waals surface area contributed by atoms with Crippen molar-refractivity contribution in [2.75, 3.05) is 17.7 Å². The van der Waals surface area contributed by atoms with Crippen molar-refractivity contribution in [2.24, 2.45) is 0 Å². The minimum Gasteiger partial charge on any atom is -0.496 e. The van der Waals surface area contributed by atoms with Crippen LogP contribution < -0.4 is 15.4 Å². The lowest BCUT2D eigenvalue weighted by Gasteiger charge is -2.10. The van der Waals surface area contributed by atoms with Gasteiger partial charge in [-0.05, 0) is 18.2 Å². The second-order valence-corrected chi connectivity index (χ2v) is 5.08. The summed E-state index contributed by atoms with van der Waals surface area (Å²) in [5.41, 5.74) is 1.01. The molecule has 0 radical (unpaired) electrons. The molecule has 1 heterocycles. The van der Waals surface area contributed by atoms with Crippen molar-refractivity contribution in [1.29, 1.82) is 0 Å². The molecule has 25 heavy (non-hydrogen) atoms. The number of rotatable bonds is 6. The van der Waals surface area contributed by atoms with Crippen LogP contribution in [0, 0.1) is 11.6 Å². The molecule has 8 heteroatoms. The Morgan fingerprint density at radius 3 is 2.76 bits per heavy atom. The molecular formula is C17H15F2N5O. The summed E-state index contributed by atoms with van der Waals surface area (Å²) in [5.74, 6) is -0.101. The molecule has 3 aromatic rings. The molecule has 2 N–H and O–H groups in total. The van der Waals surface area contributed by atoms with E-state index < -0.39 is 11.6 Å². The normalized spacial score (nSPS) is 10.4. The van der Waals surface area contributed by atoms with Crippen LogP contribution in [0.2, 0.25) is 0 Å². The Bertz CT molecular complexity index is 875. The standard InChI is InChI=1S/C17H15F2N5O/c1-25-15-5-3-2-4-11(15)9-20-16-10-21-24-17(23-16)22-14-7-6-12(18)8-13(14)19/h2-8,10H,9H2,1H3,(H2,20,22,23,24). The second kappa shape index (κ2) is 7.52. The van der Waals surface area contributed by atoms with Crippen molar-refractivity contribution in [1.82, 2.24) is 15.2 Å². The molecule has 6 nitrogen and oxygen atoms in total. The maximum atomic E-state index is 13.7. The number of para-hydroxylation sites is 1. The van der Waals surface area contributed by atoms with Crippen molar-refractivity contribution in [3.05, 3.63) is 65.9 Å². The van der Waals surface area contributed by atoms with E-state index >= 15 is 0 Å². The summed E-state index contributed by atoms with van der Waals surface area (Å²) >= 11 is 0. The molecule has 2 aromatic carbocycles. The van der Waals surface area contributed by atoms with Gasteiger partial charge < -0.3 is 15.4 Å². The molecular weight excluding hydrogens is 328 g/mol. The van der Waals surface area contributed by atoms with Gasteiger partial charge in [0.1, 0.15) is 17.4 Å². The van der Waals surface area contributed by atoms with E-state index in [0.717, 1.165) is 23.4 Å². The zero-order chi connectivity index (χ0) is 17.6.